The van der Waals surface area contributed by atoms with E-state index in [1.54, 1.807) is 45.9 Å². The van der Waals surface area contributed by atoms with Crippen LogP contribution >= 0.6 is 0 Å². The van der Waals surface area contributed by atoms with Crippen molar-refractivity contribution in [2.75, 3.05) is 21.3 Å². The van der Waals surface area contributed by atoms with E-state index in [1.807, 2.05) is 0 Å². The molecule has 1 fully saturated rings. The lowest BCUT2D eigenvalue weighted by Crippen LogP contribution is -2.38. The summed E-state index contributed by atoms with van der Waals surface area (Å²) in [6, 6.07) is 3.63. The van der Waals surface area contributed by atoms with Gasteiger partial charge in [-0.2, -0.15) is 0 Å². The first kappa shape index (κ1) is 20.9. The highest BCUT2D eigenvalue weighted by Crippen LogP contribution is 2.40. The molecule has 9 heteroatoms. The lowest BCUT2D eigenvalue weighted by molar-refractivity contribution is 0.0869. The number of carbonyl (C=O) groups excluding carboxylic acids is 1. The fraction of sp³-hybridized carbons (Fsp3) is 0.409. The molecule has 4 rings (SSSR count). The maximum atomic E-state index is 12.9. The summed E-state index contributed by atoms with van der Waals surface area (Å²) in [5, 5.41) is 12.7. The number of methoxy groups -OCH3 is 3. The molecular formula is C22H26N4O5. The van der Waals surface area contributed by atoms with Crippen molar-refractivity contribution in [2.45, 2.75) is 37.8 Å². The molecule has 1 saturated carbocycles. The Kier molecular flexibility index (Phi) is 5.94. The summed E-state index contributed by atoms with van der Waals surface area (Å²) < 4.78 is 16.2. The summed E-state index contributed by atoms with van der Waals surface area (Å²) in [5.74, 6) is 1.29. The van der Waals surface area contributed by atoms with E-state index in [0.29, 0.717) is 52.5 Å². The van der Waals surface area contributed by atoms with Crippen molar-refractivity contribution in [1.29, 1.82) is 0 Å². The van der Waals surface area contributed by atoms with Crippen LogP contribution in [0, 0.1) is 0 Å². The van der Waals surface area contributed by atoms with Crippen LogP contribution in [0.4, 0.5) is 0 Å². The number of rotatable bonds is 6. The second-order valence-electron chi connectivity index (χ2n) is 7.55. The van der Waals surface area contributed by atoms with Crippen molar-refractivity contribution in [3.05, 3.63) is 30.1 Å². The van der Waals surface area contributed by atoms with Gasteiger partial charge in [-0.3, -0.25) is 4.79 Å². The van der Waals surface area contributed by atoms with Gasteiger partial charge in [0.05, 0.1) is 44.9 Å². The van der Waals surface area contributed by atoms with Gasteiger partial charge in [0.1, 0.15) is 5.52 Å². The number of aromatic nitrogens is 3. The predicted octanol–water partition coefficient (Wildman–Crippen LogP) is 2.68. The Morgan fingerprint density at radius 3 is 2.39 bits per heavy atom. The molecule has 0 unspecified atom stereocenters. The smallest absolute Gasteiger partial charge is 0.255 e. The number of aromatic amines is 1. The molecule has 1 aromatic carbocycles. The highest BCUT2D eigenvalue weighted by Gasteiger charge is 2.23. The normalized spacial score (nSPS) is 18.6. The van der Waals surface area contributed by atoms with Gasteiger partial charge in [-0.15, -0.1) is 0 Å². The Bertz CT molecular complexity index is 1060. The van der Waals surface area contributed by atoms with Gasteiger partial charge in [0.15, 0.2) is 17.1 Å². The van der Waals surface area contributed by atoms with E-state index in [1.165, 1.54) is 0 Å². The van der Waals surface area contributed by atoms with Gasteiger partial charge in [0.2, 0.25) is 5.75 Å². The average molecular weight is 426 g/mol. The summed E-state index contributed by atoms with van der Waals surface area (Å²) in [6.07, 6.45) is 5.90. The van der Waals surface area contributed by atoms with Gasteiger partial charge in [0.25, 0.3) is 5.91 Å². The summed E-state index contributed by atoms with van der Waals surface area (Å²) in [5.41, 5.74) is 2.74. The number of benzene rings is 1. The van der Waals surface area contributed by atoms with Crippen molar-refractivity contribution >= 4 is 17.1 Å². The number of H-pyrrole nitrogens is 1. The lowest BCUT2D eigenvalue weighted by atomic mass is 9.93. The van der Waals surface area contributed by atoms with Crippen molar-refractivity contribution in [1.82, 2.24) is 20.3 Å². The number of nitrogens with one attached hydrogen (secondary N) is 2. The van der Waals surface area contributed by atoms with Crippen LogP contribution < -0.4 is 19.5 Å². The van der Waals surface area contributed by atoms with Crippen LogP contribution in [-0.2, 0) is 0 Å². The highest BCUT2D eigenvalue weighted by atomic mass is 16.5. The lowest BCUT2D eigenvalue weighted by Gasteiger charge is -2.26. The largest absolute Gasteiger partial charge is 0.493 e. The van der Waals surface area contributed by atoms with Gasteiger partial charge in [-0.1, -0.05) is 0 Å². The number of carbonyl (C=O) groups is 1. The third-order valence-corrected chi connectivity index (χ3v) is 5.62. The minimum absolute atomic E-state index is 0.0482. The number of fused-ring (bicyclic) bond motifs is 1. The Morgan fingerprint density at radius 1 is 1.10 bits per heavy atom. The molecule has 2 aromatic heterocycles. The summed E-state index contributed by atoms with van der Waals surface area (Å²) in [6.45, 7) is 0. The van der Waals surface area contributed by atoms with Crippen LogP contribution in [0.25, 0.3) is 22.4 Å². The van der Waals surface area contributed by atoms with E-state index >= 15 is 0 Å². The minimum Gasteiger partial charge on any atom is -0.493 e. The van der Waals surface area contributed by atoms with E-state index < -0.39 is 0 Å². The number of amides is 1. The fourth-order valence-corrected chi connectivity index (χ4v) is 3.92. The van der Waals surface area contributed by atoms with Crippen molar-refractivity contribution in [2.24, 2.45) is 0 Å². The molecule has 1 aliphatic rings. The van der Waals surface area contributed by atoms with Gasteiger partial charge >= 0.3 is 0 Å². The molecule has 9 nitrogen and oxygen atoms in total. The quantitative estimate of drug-likeness (QED) is 0.554. The van der Waals surface area contributed by atoms with Crippen molar-refractivity contribution < 1.29 is 24.1 Å². The Balaban J connectivity index is 1.66. The van der Waals surface area contributed by atoms with E-state index in [-0.39, 0.29) is 18.1 Å². The monoisotopic (exact) mass is 426 g/mol. The molecule has 0 spiro atoms. The third kappa shape index (κ3) is 4.13. The van der Waals surface area contributed by atoms with Crippen molar-refractivity contribution in [3.8, 4) is 28.5 Å². The molecule has 0 radical (unpaired) electrons. The van der Waals surface area contributed by atoms with Crippen LogP contribution in [0.1, 0.15) is 36.0 Å². The van der Waals surface area contributed by atoms with Gasteiger partial charge < -0.3 is 29.6 Å². The third-order valence-electron chi connectivity index (χ3n) is 5.62. The molecule has 0 aliphatic heterocycles. The second-order valence-corrected chi connectivity index (χ2v) is 7.55. The van der Waals surface area contributed by atoms with Crippen LogP contribution in [-0.4, -0.2) is 59.4 Å². The number of hydrogen-bond acceptors (Lipinski definition) is 7. The molecule has 2 heterocycles. The second kappa shape index (κ2) is 8.81. The molecule has 1 amide bonds. The molecule has 0 atom stereocenters. The first-order valence-electron chi connectivity index (χ1n) is 10.2. The number of nitrogens with zero attached hydrogens (tertiary/aromatic N) is 2. The minimum atomic E-state index is -0.270. The first-order valence-corrected chi connectivity index (χ1v) is 10.2. The molecule has 3 aromatic rings. The summed E-state index contributed by atoms with van der Waals surface area (Å²) in [4.78, 5) is 25.0. The number of aliphatic hydroxyl groups is 1. The standard InChI is InChI=1S/C22H26N4O5/c1-29-17-8-12(9-18(30-2)20(17)31-3)16-11-24-21-19(26-16)15(10-23-21)22(28)25-13-4-6-14(27)7-5-13/h8-11,13-14,27H,4-7H2,1-3H3,(H,23,24)(H,25,28). The molecule has 0 bridgehead atoms. The first-order chi connectivity index (χ1) is 15.0. The zero-order chi connectivity index (χ0) is 22.0. The van der Waals surface area contributed by atoms with Crippen LogP contribution in [0.15, 0.2) is 24.5 Å². The van der Waals surface area contributed by atoms with Gasteiger partial charge in [0, 0.05) is 17.8 Å². The van der Waals surface area contributed by atoms with Gasteiger partial charge in [-0.25, -0.2) is 9.97 Å². The van der Waals surface area contributed by atoms with E-state index in [0.717, 1.165) is 18.4 Å². The summed E-state index contributed by atoms with van der Waals surface area (Å²) in [7, 11) is 4.65. The Hall–Kier alpha value is -3.33. The fourth-order valence-electron chi connectivity index (χ4n) is 3.92. The van der Waals surface area contributed by atoms with Crippen LogP contribution in [0.2, 0.25) is 0 Å². The SMILES string of the molecule is COc1cc(-c2cnc3[nH]cc(C(=O)NC4CCC(O)CC4)c3n2)cc(OC)c1OC. The van der Waals surface area contributed by atoms with Crippen LogP contribution in [0.5, 0.6) is 17.2 Å². The maximum Gasteiger partial charge on any atom is 0.255 e. The predicted molar refractivity (Wildman–Crippen MR) is 115 cm³/mol. The van der Waals surface area contributed by atoms with E-state index in [9.17, 15) is 9.90 Å². The van der Waals surface area contributed by atoms with E-state index in [2.05, 4.69) is 15.3 Å². The Labute approximate surface area is 179 Å². The van der Waals surface area contributed by atoms with E-state index in [4.69, 9.17) is 19.2 Å². The topological polar surface area (TPSA) is 119 Å². The zero-order valence-corrected chi connectivity index (χ0v) is 17.8. The molecule has 0 saturated heterocycles. The molecule has 3 N–H and O–H groups in total. The summed E-state index contributed by atoms with van der Waals surface area (Å²) >= 11 is 0. The zero-order valence-electron chi connectivity index (χ0n) is 17.8. The number of ether oxygens (including phenoxy) is 3. The molecule has 1 aliphatic carbocycles. The molecule has 164 valence electrons. The molecule has 31 heavy (non-hydrogen) atoms. The highest BCUT2D eigenvalue weighted by molar-refractivity contribution is 6.04. The van der Waals surface area contributed by atoms with Crippen LogP contribution in [0.3, 0.4) is 0 Å². The molecular weight excluding hydrogens is 400 g/mol. The maximum absolute atomic E-state index is 12.9. The van der Waals surface area contributed by atoms with Crippen molar-refractivity contribution in [3.63, 3.8) is 0 Å². The number of aliphatic hydroxyl groups excluding tert-OH is 1. The Morgan fingerprint density at radius 2 is 1.77 bits per heavy atom. The average Bonchev–Trinajstić information content (AvgIpc) is 3.23. The van der Waals surface area contributed by atoms with Gasteiger partial charge in [-0.05, 0) is 37.8 Å². The number of hydrogen-bond donors (Lipinski definition) is 3.